The van der Waals surface area contributed by atoms with Gasteiger partial charge in [0.1, 0.15) is 5.84 Å². The first-order valence-electron chi connectivity index (χ1n) is 7.17. The number of nitrogens with one attached hydrogen (secondary N) is 2. The number of anilines is 1. The van der Waals surface area contributed by atoms with Crippen molar-refractivity contribution in [3.8, 4) is 0 Å². The predicted molar refractivity (Wildman–Crippen MR) is 95.6 cm³/mol. The second kappa shape index (κ2) is 6.92. The molecule has 0 saturated heterocycles. The molecule has 0 unspecified atom stereocenters. The van der Waals surface area contributed by atoms with Crippen LogP contribution in [0.2, 0.25) is 4.34 Å². The van der Waals surface area contributed by atoms with Gasteiger partial charge < -0.3 is 5.32 Å². The van der Waals surface area contributed by atoms with E-state index in [4.69, 9.17) is 11.6 Å². The monoisotopic (exact) mass is 383 g/mol. The van der Waals surface area contributed by atoms with Crippen molar-refractivity contribution in [3.05, 3.63) is 45.6 Å². The van der Waals surface area contributed by atoms with Crippen molar-refractivity contribution < 1.29 is 13.2 Å². The van der Waals surface area contributed by atoms with Crippen LogP contribution in [0.5, 0.6) is 0 Å². The van der Waals surface area contributed by atoms with Crippen LogP contribution >= 0.6 is 22.9 Å². The zero-order valence-corrected chi connectivity index (χ0v) is 14.8. The summed E-state index contributed by atoms with van der Waals surface area (Å²) < 4.78 is 27.8. The Labute approximate surface area is 148 Å². The highest BCUT2D eigenvalue weighted by Crippen LogP contribution is 2.23. The van der Waals surface area contributed by atoms with Crippen molar-refractivity contribution in [2.24, 2.45) is 4.99 Å². The van der Waals surface area contributed by atoms with Crippen molar-refractivity contribution in [1.82, 2.24) is 4.72 Å². The number of thiophene rings is 1. The van der Waals surface area contributed by atoms with Crippen LogP contribution in [0.25, 0.3) is 0 Å². The number of hydrogen-bond donors (Lipinski definition) is 2. The fourth-order valence-electron chi connectivity index (χ4n) is 2.21. The maximum absolute atomic E-state index is 12.4. The molecule has 0 saturated carbocycles. The van der Waals surface area contributed by atoms with E-state index >= 15 is 0 Å². The average Bonchev–Trinajstić information content (AvgIpc) is 3.19. The number of nitrogens with zero attached hydrogens (tertiary/aromatic N) is 1. The van der Waals surface area contributed by atoms with Gasteiger partial charge in [-0.25, -0.2) is 8.42 Å². The third-order valence-electron chi connectivity index (χ3n) is 3.33. The molecule has 6 nitrogen and oxygen atoms in total. The largest absolute Gasteiger partial charge is 0.321 e. The minimum Gasteiger partial charge on any atom is -0.321 e. The number of benzene rings is 1. The van der Waals surface area contributed by atoms with Crippen LogP contribution in [-0.2, 0) is 10.0 Å². The Balaban J connectivity index is 1.77. The molecule has 1 aromatic heterocycles. The molecule has 0 spiro atoms. The van der Waals surface area contributed by atoms with Gasteiger partial charge in [0.15, 0.2) is 0 Å². The number of sulfonamides is 1. The Morgan fingerprint density at radius 1 is 1.25 bits per heavy atom. The summed E-state index contributed by atoms with van der Waals surface area (Å²) in [6.45, 7) is 0.636. The van der Waals surface area contributed by atoms with Gasteiger partial charge in [0.2, 0.25) is 0 Å². The van der Waals surface area contributed by atoms with Crippen LogP contribution in [-0.4, -0.2) is 26.7 Å². The number of hydrogen-bond acceptors (Lipinski definition) is 5. The fourth-order valence-corrected chi connectivity index (χ4v) is 4.28. The van der Waals surface area contributed by atoms with Gasteiger partial charge in [0.25, 0.3) is 15.9 Å². The summed E-state index contributed by atoms with van der Waals surface area (Å²) in [5.74, 6) is 0.132. The molecule has 0 bridgehead atoms. The number of aliphatic imine (C=N–C) groups is 1. The quantitative estimate of drug-likeness (QED) is 0.850. The number of amides is 1. The Morgan fingerprint density at radius 2 is 2.08 bits per heavy atom. The lowest BCUT2D eigenvalue weighted by atomic mass is 10.3. The molecule has 9 heteroatoms. The second-order valence-electron chi connectivity index (χ2n) is 5.12. The maximum Gasteiger partial charge on any atom is 0.265 e. The van der Waals surface area contributed by atoms with Gasteiger partial charge in [-0.05, 0) is 36.8 Å². The minimum absolute atomic E-state index is 0.0686. The molecular formula is C15H14ClN3O3S2. The lowest BCUT2D eigenvalue weighted by molar-refractivity contribution is 0.103. The van der Waals surface area contributed by atoms with Gasteiger partial charge in [-0.3, -0.25) is 14.5 Å². The normalized spacial score (nSPS) is 14.3. The predicted octanol–water partition coefficient (Wildman–Crippen LogP) is 3.12. The second-order valence-corrected chi connectivity index (χ2v) is 8.52. The molecule has 1 aliphatic heterocycles. The highest BCUT2D eigenvalue weighted by molar-refractivity contribution is 7.90. The number of halogens is 1. The van der Waals surface area contributed by atoms with E-state index in [0.29, 0.717) is 33.7 Å². The van der Waals surface area contributed by atoms with Gasteiger partial charge in [-0.2, -0.15) is 0 Å². The number of carbonyl (C=O) groups is 1. The zero-order valence-electron chi connectivity index (χ0n) is 12.5. The van der Waals surface area contributed by atoms with E-state index in [0.717, 1.165) is 17.8 Å². The van der Waals surface area contributed by atoms with Crippen molar-refractivity contribution >= 4 is 50.4 Å². The molecule has 0 radical (unpaired) electrons. The average molecular weight is 384 g/mol. The number of amidine groups is 1. The number of rotatable bonds is 4. The Bertz CT molecular complexity index is 906. The molecular weight excluding hydrogens is 370 g/mol. The van der Waals surface area contributed by atoms with Gasteiger partial charge in [0.05, 0.1) is 14.1 Å². The molecule has 24 heavy (non-hydrogen) atoms. The summed E-state index contributed by atoms with van der Waals surface area (Å²) in [7, 11) is -3.71. The van der Waals surface area contributed by atoms with E-state index < -0.39 is 10.0 Å². The molecule has 2 N–H and O–H groups in total. The molecule has 0 fully saturated rings. The minimum atomic E-state index is -3.71. The van der Waals surface area contributed by atoms with Crippen LogP contribution in [0.15, 0.2) is 46.3 Å². The van der Waals surface area contributed by atoms with Gasteiger partial charge in [-0.1, -0.05) is 17.7 Å². The smallest absolute Gasteiger partial charge is 0.265 e. The summed E-state index contributed by atoms with van der Waals surface area (Å²) in [6.07, 6.45) is 1.46. The zero-order chi connectivity index (χ0) is 17.2. The molecule has 2 aromatic rings. The summed E-state index contributed by atoms with van der Waals surface area (Å²) >= 11 is 6.97. The van der Waals surface area contributed by atoms with E-state index in [1.807, 2.05) is 0 Å². The molecule has 1 amide bonds. The molecule has 2 heterocycles. The van der Waals surface area contributed by atoms with Crippen LogP contribution in [0.4, 0.5) is 5.69 Å². The molecule has 1 aromatic carbocycles. The molecule has 126 valence electrons. The molecule has 1 aliphatic rings. The Kier molecular flexibility index (Phi) is 4.88. The molecule has 0 aliphatic carbocycles. The summed E-state index contributed by atoms with van der Waals surface area (Å²) in [6, 6.07) is 9.32. The van der Waals surface area contributed by atoms with Crippen LogP contribution < -0.4 is 10.0 Å². The Hall–Kier alpha value is -1.90. The first-order valence-corrected chi connectivity index (χ1v) is 9.85. The standard InChI is InChI=1S/C15H14ClN3O3S2/c16-13-7-6-12(23-13)15(20)18-10-3-1-4-11(9-10)24(21,22)19-14-5-2-8-17-14/h1,3-4,6-7,9H,2,5,8H2,(H,17,19)(H,18,20). The maximum atomic E-state index is 12.4. The lowest BCUT2D eigenvalue weighted by Gasteiger charge is -2.09. The molecule has 0 atom stereocenters. The van der Waals surface area contributed by atoms with Crippen LogP contribution in [0, 0.1) is 0 Å². The van der Waals surface area contributed by atoms with E-state index in [1.54, 1.807) is 24.3 Å². The first kappa shape index (κ1) is 16.9. The van der Waals surface area contributed by atoms with E-state index in [9.17, 15) is 13.2 Å². The highest BCUT2D eigenvalue weighted by atomic mass is 35.5. The van der Waals surface area contributed by atoms with Crippen molar-refractivity contribution in [2.75, 3.05) is 11.9 Å². The third-order valence-corrected chi connectivity index (χ3v) is 5.93. The summed E-state index contributed by atoms with van der Waals surface area (Å²) in [5.41, 5.74) is 0.390. The van der Waals surface area contributed by atoms with Crippen molar-refractivity contribution in [1.29, 1.82) is 0 Å². The van der Waals surface area contributed by atoms with Crippen LogP contribution in [0.1, 0.15) is 22.5 Å². The van der Waals surface area contributed by atoms with E-state index in [-0.39, 0.29) is 10.8 Å². The highest BCUT2D eigenvalue weighted by Gasteiger charge is 2.19. The fraction of sp³-hybridized carbons (Fsp3) is 0.200. The summed E-state index contributed by atoms with van der Waals surface area (Å²) in [5, 5.41) is 2.67. The lowest BCUT2D eigenvalue weighted by Crippen LogP contribution is -2.29. The van der Waals surface area contributed by atoms with Crippen LogP contribution in [0.3, 0.4) is 0 Å². The molecule has 3 rings (SSSR count). The van der Waals surface area contributed by atoms with Crippen molar-refractivity contribution in [2.45, 2.75) is 17.7 Å². The SMILES string of the molecule is O=C(Nc1cccc(S(=O)(=O)NC2=NCCC2)c1)c1ccc(Cl)s1. The van der Waals surface area contributed by atoms with E-state index in [2.05, 4.69) is 15.0 Å². The van der Waals surface area contributed by atoms with Gasteiger partial charge in [0, 0.05) is 18.7 Å². The summed E-state index contributed by atoms with van der Waals surface area (Å²) in [4.78, 5) is 16.7. The van der Waals surface area contributed by atoms with Crippen molar-refractivity contribution in [3.63, 3.8) is 0 Å². The third kappa shape index (κ3) is 3.95. The van der Waals surface area contributed by atoms with Gasteiger partial charge >= 0.3 is 0 Å². The number of carbonyl (C=O) groups excluding carboxylic acids is 1. The Morgan fingerprint density at radius 3 is 2.75 bits per heavy atom. The topological polar surface area (TPSA) is 87.6 Å². The van der Waals surface area contributed by atoms with Gasteiger partial charge in [-0.15, -0.1) is 11.3 Å². The van der Waals surface area contributed by atoms with E-state index in [1.165, 1.54) is 12.1 Å². The first-order chi connectivity index (χ1) is 11.4.